The van der Waals surface area contributed by atoms with Gasteiger partial charge in [0.15, 0.2) is 22.7 Å². The SMILES string of the molecule is CCCCn1c(=O)[nH]c(=O)c2c1nc(-c1ccc(OCC)c(OC)c1)n2CCOC. The molecule has 0 aliphatic carbocycles. The molecule has 0 atom stereocenters. The van der Waals surface area contributed by atoms with E-state index in [-0.39, 0.29) is 0 Å². The average molecular weight is 416 g/mol. The lowest BCUT2D eigenvalue weighted by Crippen LogP contribution is -2.31. The highest BCUT2D eigenvalue weighted by atomic mass is 16.5. The normalized spacial score (nSPS) is 11.2. The largest absolute Gasteiger partial charge is 0.493 e. The van der Waals surface area contributed by atoms with Gasteiger partial charge in [-0.15, -0.1) is 0 Å². The van der Waals surface area contributed by atoms with E-state index >= 15 is 0 Å². The number of aromatic amines is 1. The van der Waals surface area contributed by atoms with Gasteiger partial charge < -0.3 is 18.8 Å². The van der Waals surface area contributed by atoms with Gasteiger partial charge in [-0.05, 0) is 31.5 Å². The number of aryl methyl sites for hydroxylation is 1. The number of benzene rings is 1. The van der Waals surface area contributed by atoms with Gasteiger partial charge in [0.25, 0.3) is 5.56 Å². The molecule has 0 spiro atoms. The third kappa shape index (κ3) is 4.11. The van der Waals surface area contributed by atoms with Crippen LogP contribution in [-0.2, 0) is 17.8 Å². The van der Waals surface area contributed by atoms with Crippen LogP contribution in [0.3, 0.4) is 0 Å². The zero-order valence-electron chi connectivity index (χ0n) is 17.9. The Morgan fingerprint density at radius 3 is 2.53 bits per heavy atom. The third-order valence-electron chi connectivity index (χ3n) is 4.86. The van der Waals surface area contributed by atoms with Gasteiger partial charge in [0, 0.05) is 25.8 Å². The standard InChI is InChI=1S/C21H28N4O5/c1-5-7-10-25-19-17(20(26)23-21(25)27)24(11-12-28-3)18(22-19)14-8-9-15(30-6-2)16(13-14)29-4/h8-9,13H,5-7,10-12H2,1-4H3,(H,23,26,27). The third-order valence-corrected chi connectivity index (χ3v) is 4.86. The van der Waals surface area contributed by atoms with Crippen molar-refractivity contribution >= 4 is 11.2 Å². The smallest absolute Gasteiger partial charge is 0.330 e. The van der Waals surface area contributed by atoms with Crippen LogP contribution < -0.4 is 20.7 Å². The summed E-state index contributed by atoms with van der Waals surface area (Å²) in [6, 6.07) is 5.49. The topological polar surface area (TPSA) is 100 Å². The molecule has 0 amide bonds. The van der Waals surface area contributed by atoms with Crippen LogP contribution >= 0.6 is 0 Å². The van der Waals surface area contributed by atoms with Crippen molar-refractivity contribution in [3.63, 3.8) is 0 Å². The van der Waals surface area contributed by atoms with Gasteiger partial charge in [-0.3, -0.25) is 14.3 Å². The molecule has 0 bridgehead atoms. The van der Waals surface area contributed by atoms with E-state index in [0.29, 0.717) is 54.8 Å². The predicted molar refractivity (Wildman–Crippen MR) is 115 cm³/mol. The zero-order chi connectivity index (χ0) is 21.7. The van der Waals surface area contributed by atoms with Gasteiger partial charge >= 0.3 is 5.69 Å². The van der Waals surface area contributed by atoms with Gasteiger partial charge in [-0.2, -0.15) is 0 Å². The van der Waals surface area contributed by atoms with Crippen molar-refractivity contribution in [1.29, 1.82) is 0 Å². The maximum atomic E-state index is 12.7. The maximum absolute atomic E-state index is 12.7. The molecule has 162 valence electrons. The van der Waals surface area contributed by atoms with Crippen LogP contribution in [0.5, 0.6) is 11.5 Å². The molecule has 2 aromatic heterocycles. The lowest BCUT2D eigenvalue weighted by Gasteiger charge is -2.12. The quantitative estimate of drug-likeness (QED) is 0.545. The first kappa shape index (κ1) is 21.6. The fraction of sp³-hybridized carbons (Fsp3) is 0.476. The van der Waals surface area contributed by atoms with Gasteiger partial charge in [0.1, 0.15) is 5.82 Å². The number of hydrogen-bond acceptors (Lipinski definition) is 6. The van der Waals surface area contributed by atoms with E-state index in [1.165, 1.54) is 4.57 Å². The minimum atomic E-state index is -0.462. The van der Waals surface area contributed by atoms with Crippen LogP contribution in [0.25, 0.3) is 22.6 Å². The number of imidazole rings is 1. The van der Waals surface area contributed by atoms with Gasteiger partial charge in [0.05, 0.1) is 20.3 Å². The minimum absolute atomic E-state index is 0.352. The Bertz CT molecular complexity index is 1130. The number of hydrogen-bond donors (Lipinski definition) is 1. The van der Waals surface area contributed by atoms with Crippen LogP contribution in [0.4, 0.5) is 0 Å². The van der Waals surface area contributed by atoms with Crippen molar-refractivity contribution in [3.05, 3.63) is 39.0 Å². The molecule has 0 unspecified atom stereocenters. The van der Waals surface area contributed by atoms with E-state index in [9.17, 15) is 9.59 Å². The number of rotatable bonds is 10. The summed E-state index contributed by atoms with van der Waals surface area (Å²) in [5.41, 5.74) is 0.557. The molecule has 0 saturated heterocycles. The van der Waals surface area contributed by atoms with Crippen molar-refractivity contribution < 1.29 is 14.2 Å². The second-order valence-corrected chi connectivity index (χ2v) is 6.82. The van der Waals surface area contributed by atoms with Crippen LogP contribution in [0.1, 0.15) is 26.7 Å². The lowest BCUT2D eigenvalue weighted by molar-refractivity contribution is 0.188. The van der Waals surface area contributed by atoms with Crippen molar-refractivity contribution in [1.82, 2.24) is 19.1 Å². The Balaban J connectivity index is 2.27. The number of ether oxygens (including phenoxy) is 3. The first-order valence-electron chi connectivity index (χ1n) is 10.1. The summed E-state index contributed by atoms with van der Waals surface area (Å²) in [5, 5.41) is 0. The molecule has 1 aromatic carbocycles. The van der Waals surface area contributed by atoms with Crippen molar-refractivity contribution in [2.75, 3.05) is 27.4 Å². The van der Waals surface area contributed by atoms with E-state index in [4.69, 9.17) is 19.2 Å². The Morgan fingerprint density at radius 1 is 1.07 bits per heavy atom. The van der Waals surface area contributed by atoms with E-state index < -0.39 is 11.2 Å². The lowest BCUT2D eigenvalue weighted by atomic mass is 10.2. The maximum Gasteiger partial charge on any atom is 0.330 e. The molecule has 9 heteroatoms. The highest BCUT2D eigenvalue weighted by Crippen LogP contribution is 2.33. The van der Waals surface area contributed by atoms with Gasteiger partial charge in [0.2, 0.25) is 0 Å². The average Bonchev–Trinajstić information content (AvgIpc) is 3.12. The monoisotopic (exact) mass is 416 g/mol. The number of nitrogens with zero attached hydrogens (tertiary/aromatic N) is 3. The van der Waals surface area contributed by atoms with Crippen molar-refractivity contribution in [2.45, 2.75) is 39.8 Å². The van der Waals surface area contributed by atoms with E-state index in [1.54, 1.807) is 18.8 Å². The molecule has 9 nitrogen and oxygen atoms in total. The zero-order valence-corrected chi connectivity index (χ0v) is 17.9. The first-order valence-corrected chi connectivity index (χ1v) is 10.1. The summed E-state index contributed by atoms with van der Waals surface area (Å²) in [6.45, 7) is 5.74. The van der Waals surface area contributed by atoms with E-state index in [0.717, 1.165) is 18.4 Å². The van der Waals surface area contributed by atoms with Crippen molar-refractivity contribution in [2.24, 2.45) is 0 Å². The summed E-state index contributed by atoms with van der Waals surface area (Å²) < 4.78 is 19.6. The summed E-state index contributed by atoms with van der Waals surface area (Å²) >= 11 is 0. The van der Waals surface area contributed by atoms with Crippen LogP contribution in [0.15, 0.2) is 27.8 Å². The van der Waals surface area contributed by atoms with Crippen LogP contribution in [-0.4, -0.2) is 46.5 Å². The predicted octanol–water partition coefficient (Wildman–Crippen LogP) is 2.41. The Hall–Kier alpha value is -3.07. The summed E-state index contributed by atoms with van der Waals surface area (Å²) in [6.07, 6.45) is 1.72. The second kappa shape index (κ2) is 9.62. The molecule has 2 heterocycles. The minimum Gasteiger partial charge on any atom is -0.493 e. The summed E-state index contributed by atoms with van der Waals surface area (Å²) in [5.74, 6) is 1.75. The fourth-order valence-electron chi connectivity index (χ4n) is 3.40. The molecule has 0 saturated carbocycles. The number of methoxy groups -OCH3 is 2. The van der Waals surface area contributed by atoms with Crippen molar-refractivity contribution in [3.8, 4) is 22.9 Å². The first-order chi connectivity index (χ1) is 14.5. The molecule has 0 fully saturated rings. The Morgan fingerprint density at radius 2 is 1.87 bits per heavy atom. The molecular weight excluding hydrogens is 388 g/mol. The number of fused-ring (bicyclic) bond motifs is 1. The Labute approximate surface area is 174 Å². The fourth-order valence-corrected chi connectivity index (χ4v) is 3.40. The molecular formula is C21H28N4O5. The molecule has 30 heavy (non-hydrogen) atoms. The number of nitrogens with one attached hydrogen (secondary N) is 1. The Kier molecular flexibility index (Phi) is 6.94. The number of unbranched alkanes of at least 4 members (excludes halogenated alkanes) is 1. The van der Waals surface area contributed by atoms with Gasteiger partial charge in [-0.25, -0.2) is 9.78 Å². The highest BCUT2D eigenvalue weighted by Gasteiger charge is 2.20. The number of aromatic nitrogens is 4. The van der Waals surface area contributed by atoms with Crippen LogP contribution in [0, 0.1) is 0 Å². The number of H-pyrrole nitrogens is 1. The summed E-state index contributed by atoms with van der Waals surface area (Å²) in [4.78, 5) is 32.3. The van der Waals surface area contributed by atoms with E-state index in [1.807, 2.05) is 32.0 Å². The highest BCUT2D eigenvalue weighted by molar-refractivity contribution is 5.77. The molecule has 0 aliphatic heterocycles. The van der Waals surface area contributed by atoms with Gasteiger partial charge in [-0.1, -0.05) is 13.3 Å². The van der Waals surface area contributed by atoms with Crippen LogP contribution in [0.2, 0.25) is 0 Å². The van der Waals surface area contributed by atoms with E-state index in [2.05, 4.69) is 4.98 Å². The molecule has 0 aliphatic rings. The molecule has 1 N–H and O–H groups in total. The second-order valence-electron chi connectivity index (χ2n) is 6.82. The molecule has 3 aromatic rings. The molecule has 3 rings (SSSR count). The molecule has 0 radical (unpaired) electrons. The summed E-state index contributed by atoms with van der Waals surface area (Å²) in [7, 11) is 3.17.